The minimum Gasteiger partial charge on any atom is -0.344 e. The van der Waals surface area contributed by atoms with E-state index in [1.54, 1.807) is 0 Å². The molecule has 1 aromatic carbocycles. The third-order valence-corrected chi connectivity index (χ3v) is 2.21. The van der Waals surface area contributed by atoms with Crippen molar-refractivity contribution in [2.75, 3.05) is 0 Å². The lowest BCUT2D eigenvalue weighted by atomic mass is 9.83. The summed E-state index contributed by atoms with van der Waals surface area (Å²) in [5.74, 6) is 0. The lowest BCUT2D eigenvalue weighted by Crippen LogP contribution is -1.93. The molecule has 0 fully saturated rings. The van der Waals surface area contributed by atoms with Crippen molar-refractivity contribution in [2.45, 2.75) is 0 Å². The number of hydrogen-bond acceptors (Lipinski definition) is 1. The predicted molar refractivity (Wildman–Crippen MR) is 48.0 cm³/mol. The Labute approximate surface area is 65.2 Å². The molecule has 2 aliphatic rings. The van der Waals surface area contributed by atoms with E-state index in [0.29, 0.717) is 0 Å². The molecule has 2 aliphatic carbocycles. The van der Waals surface area contributed by atoms with Gasteiger partial charge in [-0.1, -0.05) is 36.4 Å². The molecule has 3 N–H and O–H groups in total. The molecule has 0 aliphatic heterocycles. The minimum absolute atomic E-state index is 0. The normalized spacial score (nSPS) is 10.9. The Morgan fingerprint density at radius 1 is 0.636 bits per heavy atom. The lowest BCUT2D eigenvalue weighted by molar-refractivity contribution is 1.63. The van der Waals surface area contributed by atoms with E-state index in [2.05, 4.69) is 36.4 Å². The molecule has 0 amide bonds. The Hall–Kier alpha value is -1.34. The summed E-state index contributed by atoms with van der Waals surface area (Å²) < 4.78 is 0. The van der Waals surface area contributed by atoms with Gasteiger partial charge < -0.3 is 6.15 Å². The van der Waals surface area contributed by atoms with E-state index in [1.165, 1.54) is 21.9 Å². The smallest absolute Gasteiger partial charge is 0.00987 e. The summed E-state index contributed by atoms with van der Waals surface area (Å²) in [6.45, 7) is 0. The van der Waals surface area contributed by atoms with E-state index in [9.17, 15) is 0 Å². The summed E-state index contributed by atoms with van der Waals surface area (Å²) in [6.07, 6.45) is 0. The highest BCUT2D eigenvalue weighted by Gasteiger charge is 2.16. The Balaban J connectivity index is 0.000000480. The van der Waals surface area contributed by atoms with Crippen LogP contribution in [-0.2, 0) is 0 Å². The maximum atomic E-state index is 2.18. The fourth-order valence-corrected chi connectivity index (χ4v) is 1.61. The van der Waals surface area contributed by atoms with E-state index in [-0.39, 0.29) is 6.15 Å². The van der Waals surface area contributed by atoms with E-state index >= 15 is 0 Å². The fraction of sp³-hybridized carbons (Fsp3) is 0. The molecule has 1 aromatic rings. The Morgan fingerprint density at radius 2 is 1.09 bits per heavy atom. The van der Waals surface area contributed by atoms with Crippen LogP contribution in [0.4, 0.5) is 0 Å². The highest BCUT2D eigenvalue weighted by Crippen LogP contribution is 2.43. The topological polar surface area (TPSA) is 35.0 Å². The highest BCUT2D eigenvalue weighted by atomic mass is 14.2. The Kier molecular flexibility index (Phi) is 1.06. The molecule has 1 nitrogen and oxygen atoms in total. The zero-order chi connectivity index (χ0) is 6.55. The van der Waals surface area contributed by atoms with Gasteiger partial charge >= 0.3 is 0 Å². The monoisotopic (exact) mass is 143 g/mol. The van der Waals surface area contributed by atoms with Crippen LogP contribution in [0, 0.1) is 0 Å². The molecule has 0 spiro atoms. The number of rotatable bonds is 0. The van der Waals surface area contributed by atoms with Crippen LogP contribution in [0.2, 0.25) is 0 Å². The van der Waals surface area contributed by atoms with E-state index in [4.69, 9.17) is 0 Å². The van der Waals surface area contributed by atoms with Gasteiger partial charge in [-0.05, 0) is 21.9 Å². The van der Waals surface area contributed by atoms with Crippen LogP contribution in [0.25, 0.3) is 21.9 Å². The van der Waals surface area contributed by atoms with Crippen molar-refractivity contribution < 1.29 is 0 Å². The molecular formula is C10H9N. The van der Waals surface area contributed by atoms with Gasteiger partial charge in [0.1, 0.15) is 0 Å². The molecule has 11 heavy (non-hydrogen) atoms. The molecule has 3 rings (SSSR count). The first kappa shape index (κ1) is 6.38. The second kappa shape index (κ2) is 1.83. The molecule has 1 heteroatoms. The first-order chi connectivity index (χ1) is 4.97. The van der Waals surface area contributed by atoms with Crippen molar-refractivity contribution in [3.05, 3.63) is 36.4 Å². The fourth-order valence-electron chi connectivity index (χ4n) is 1.61. The average Bonchev–Trinajstić information content (AvgIpc) is 1.90. The summed E-state index contributed by atoms with van der Waals surface area (Å²) in [5, 5.41) is 2.86. The number of hydrogen-bond donors (Lipinski definition) is 1. The van der Waals surface area contributed by atoms with Crippen molar-refractivity contribution in [3.8, 4) is 11.1 Å². The van der Waals surface area contributed by atoms with Crippen LogP contribution in [0.15, 0.2) is 36.4 Å². The van der Waals surface area contributed by atoms with Crippen molar-refractivity contribution in [1.29, 1.82) is 0 Å². The van der Waals surface area contributed by atoms with Gasteiger partial charge in [-0.25, -0.2) is 0 Å². The van der Waals surface area contributed by atoms with Crippen LogP contribution in [0.1, 0.15) is 0 Å². The van der Waals surface area contributed by atoms with Crippen LogP contribution in [0.5, 0.6) is 0 Å². The number of benzene rings is 2. The third-order valence-electron chi connectivity index (χ3n) is 2.21. The summed E-state index contributed by atoms with van der Waals surface area (Å²) >= 11 is 0. The van der Waals surface area contributed by atoms with Gasteiger partial charge in [0, 0.05) is 0 Å². The molecule has 0 unspecified atom stereocenters. The quantitative estimate of drug-likeness (QED) is 0.515. The standard InChI is InChI=1S/C10H6.H3N/c1-2-4-8-7(3-1)9-5-6-10(8)9;/h1-6H;1H3. The van der Waals surface area contributed by atoms with Crippen molar-refractivity contribution in [1.82, 2.24) is 6.15 Å². The summed E-state index contributed by atoms with van der Waals surface area (Å²) in [7, 11) is 0. The minimum atomic E-state index is 0. The Morgan fingerprint density at radius 3 is 1.45 bits per heavy atom. The first-order valence-electron chi connectivity index (χ1n) is 3.49. The van der Waals surface area contributed by atoms with Gasteiger partial charge in [-0.3, -0.25) is 0 Å². The molecule has 0 saturated heterocycles. The maximum absolute atomic E-state index is 2.18. The number of fused-ring (bicyclic) bond motifs is 4. The van der Waals surface area contributed by atoms with Crippen molar-refractivity contribution in [3.63, 3.8) is 0 Å². The maximum Gasteiger partial charge on any atom is -0.00987 e. The molecule has 0 aromatic heterocycles. The zero-order valence-electron chi connectivity index (χ0n) is 6.17. The molecular weight excluding hydrogens is 134 g/mol. The van der Waals surface area contributed by atoms with Gasteiger partial charge in [-0.2, -0.15) is 0 Å². The van der Waals surface area contributed by atoms with Crippen LogP contribution in [-0.4, -0.2) is 0 Å². The summed E-state index contributed by atoms with van der Waals surface area (Å²) in [5.41, 5.74) is 2.91. The van der Waals surface area contributed by atoms with Crippen molar-refractivity contribution >= 4 is 10.8 Å². The molecule has 0 saturated carbocycles. The van der Waals surface area contributed by atoms with Crippen LogP contribution < -0.4 is 6.15 Å². The molecule has 0 bridgehead atoms. The van der Waals surface area contributed by atoms with E-state index in [0.717, 1.165) is 0 Å². The van der Waals surface area contributed by atoms with E-state index < -0.39 is 0 Å². The SMILES string of the molecule is N.c1ccc2c3ccc-3c2c1. The Bertz CT molecular complexity index is 377. The average molecular weight is 143 g/mol. The van der Waals surface area contributed by atoms with Gasteiger partial charge in [0.25, 0.3) is 0 Å². The second-order valence-corrected chi connectivity index (χ2v) is 2.71. The molecule has 0 radical (unpaired) electrons. The van der Waals surface area contributed by atoms with Gasteiger partial charge in [0.05, 0.1) is 0 Å². The molecule has 0 heterocycles. The van der Waals surface area contributed by atoms with Crippen LogP contribution >= 0.6 is 0 Å². The third kappa shape index (κ3) is 0.540. The van der Waals surface area contributed by atoms with Gasteiger partial charge in [0.15, 0.2) is 0 Å². The second-order valence-electron chi connectivity index (χ2n) is 2.71. The van der Waals surface area contributed by atoms with Gasteiger partial charge in [-0.15, -0.1) is 0 Å². The molecule has 0 atom stereocenters. The predicted octanol–water partition coefficient (Wildman–Crippen LogP) is 2.98. The summed E-state index contributed by atoms with van der Waals surface area (Å²) in [6, 6.07) is 12.9. The highest BCUT2D eigenvalue weighted by molar-refractivity contribution is 6.16. The molecule has 54 valence electrons. The first-order valence-corrected chi connectivity index (χ1v) is 3.49. The van der Waals surface area contributed by atoms with Gasteiger partial charge in [0.2, 0.25) is 0 Å². The van der Waals surface area contributed by atoms with Crippen molar-refractivity contribution in [2.24, 2.45) is 0 Å². The lowest BCUT2D eigenvalue weighted by Gasteiger charge is -2.20. The van der Waals surface area contributed by atoms with Crippen LogP contribution in [0.3, 0.4) is 0 Å². The largest absolute Gasteiger partial charge is 0.344 e. The summed E-state index contributed by atoms with van der Waals surface area (Å²) in [4.78, 5) is 0. The zero-order valence-corrected chi connectivity index (χ0v) is 6.17. The van der Waals surface area contributed by atoms with E-state index in [1.807, 2.05) is 0 Å².